The van der Waals surface area contributed by atoms with Gasteiger partial charge in [-0.3, -0.25) is 9.69 Å². The second-order valence-corrected chi connectivity index (χ2v) is 9.50. The molecule has 14 heteroatoms. The minimum Gasteiger partial charge on any atom is -0.383 e. The zero-order valence-electron chi connectivity index (χ0n) is 20.6. The van der Waals surface area contributed by atoms with Gasteiger partial charge in [-0.25, -0.2) is 9.78 Å². The first-order chi connectivity index (χ1) is 18.0. The third kappa shape index (κ3) is 6.04. The number of hydrogen-bond donors (Lipinski definition) is 2. The Hall–Kier alpha value is -4.36. The lowest BCUT2D eigenvalue weighted by Gasteiger charge is -2.25. The van der Waals surface area contributed by atoms with Gasteiger partial charge < -0.3 is 16.0 Å². The molecule has 3 amide bonds. The molecule has 8 nitrogen and oxygen atoms in total. The molecule has 1 aliphatic heterocycles. The van der Waals surface area contributed by atoms with Crippen LogP contribution in [-0.2, 0) is 18.9 Å². The molecule has 2 aromatic carbocycles. The van der Waals surface area contributed by atoms with Gasteiger partial charge in [0.05, 0.1) is 29.8 Å². The molecule has 3 aromatic rings. The van der Waals surface area contributed by atoms with E-state index in [2.05, 4.69) is 15.3 Å². The summed E-state index contributed by atoms with van der Waals surface area (Å²) in [5.41, 5.74) is 3.23. The number of amides is 3. The molecule has 0 spiro atoms. The molecule has 1 aromatic heterocycles. The second-order valence-electron chi connectivity index (χ2n) is 9.50. The van der Waals surface area contributed by atoms with Crippen LogP contribution in [0, 0.1) is 0 Å². The molecule has 0 aliphatic carbocycles. The van der Waals surface area contributed by atoms with Gasteiger partial charge in [0.2, 0.25) is 5.95 Å². The fourth-order valence-electron chi connectivity index (χ4n) is 3.96. The van der Waals surface area contributed by atoms with Crippen molar-refractivity contribution in [1.82, 2.24) is 15.3 Å². The van der Waals surface area contributed by atoms with Crippen molar-refractivity contribution in [3.05, 3.63) is 77.0 Å². The highest BCUT2D eigenvalue weighted by molar-refractivity contribution is 6.08. The normalized spacial score (nSPS) is 15.3. The van der Waals surface area contributed by atoms with E-state index in [1.165, 1.54) is 11.0 Å². The Morgan fingerprint density at radius 2 is 1.69 bits per heavy atom. The van der Waals surface area contributed by atoms with Gasteiger partial charge in [-0.2, -0.15) is 31.3 Å². The van der Waals surface area contributed by atoms with Gasteiger partial charge >= 0.3 is 18.4 Å². The van der Waals surface area contributed by atoms with Crippen LogP contribution in [0.4, 0.5) is 48.6 Å². The SMILES string of the molecule is CC1(C)CN(c2ncc(C(=O)N(Cc3ccc(C(F)(F)F)cc3)c3cccc(C(F)(F)F)c3)c(N)n2)C(=O)N1. The zero-order valence-corrected chi connectivity index (χ0v) is 20.6. The summed E-state index contributed by atoms with van der Waals surface area (Å²) < 4.78 is 79.1. The molecule has 0 radical (unpaired) electrons. The number of urea groups is 1. The van der Waals surface area contributed by atoms with Crippen molar-refractivity contribution < 1.29 is 35.9 Å². The number of hydrogen-bond acceptors (Lipinski definition) is 5. The molecule has 39 heavy (non-hydrogen) atoms. The van der Waals surface area contributed by atoms with E-state index in [4.69, 9.17) is 5.73 Å². The third-order valence-electron chi connectivity index (χ3n) is 5.87. The van der Waals surface area contributed by atoms with E-state index in [0.29, 0.717) is 0 Å². The van der Waals surface area contributed by atoms with Crippen LogP contribution in [0.2, 0.25) is 0 Å². The van der Waals surface area contributed by atoms with Crippen molar-refractivity contribution >= 4 is 29.4 Å². The van der Waals surface area contributed by atoms with Crippen LogP contribution in [-0.4, -0.2) is 34.0 Å². The maximum atomic E-state index is 13.6. The molecule has 0 bridgehead atoms. The highest BCUT2D eigenvalue weighted by Crippen LogP contribution is 2.34. The Balaban J connectivity index is 1.71. The van der Waals surface area contributed by atoms with Gasteiger partial charge in [-0.05, 0) is 49.7 Å². The number of halogens is 6. The van der Waals surface area contributed by atoms with Crippen LogP contribution in [0.25, 0.3) is 0 Å². The molecular weight excluding hydrogens is 530 g/mol. The van der Waals surface area contributed by atoms with E-state index in [1.807, 2.05) is 0 Å². The lowest BCUT2D eigenvalue weighted by molar-refractivity contribution is -0.138. The van der Waals surface area contributed by atoms with Gasteiger partial charge in [0.1, 0.15) is 11.4 Å². The topological polar surface area (TPSA) is 104 Å². The van der Waals surface area contributed by atoms with Crippen molar-refractivity contribution in [2.75, 3.05) is 22.1 Å². The summed E-state index contributed by atoms with van der Waals surface area (Å²) in [6, 6.07) is 7.27. The first-order valence-electron chi connectivity index (χ1n) is 11.4. The molecule has 0 atom stereocenters. The highest BCUT2D eigenvalue weighted by Gasteiger charge is 2.38. The Kier molecular flexibility index (Phi) is 6.91. The molecule has 0 unspecified atom stereocenters. The van der Waals surface area contributed by atoms with E-state index in [1.54, 1.807) is 13.8 Å². The lowest BCUT2D eigenvalue weighted by Crippen LogP contribution is -2.36. The monoisotopic (exact) mass is 552 g/mol. The molecule has 4 rings (SSSR count). The number of nitrogens with two attached hydrogens (primary N) is 1. The minimum absolute atomic E-state index is 0.0829. The predicted octanol–water partition coefficient (Wildman–Crippen LogP) is 5.25. The summed E-state index contributed by atoms with van der Waals surface area (Å²) in [6.45, 7) is 3.38. The number of nitrogen functional groups attached to an aromatic ring is 1. The van der Waals surface area contributed by atoms with Crippen LogP contribution < -0.4 is 20.9 Å². The number of aromatic nitrogens is 2. The van der Waals surface area contributed by atoms with E-state index < -0.39 is 41.0 Å². The number of nitrogens with one attached hydrogen (secondary N) is 1. The quantitative estimate of drug-likeness (QED) is 0.421. The second kappa shape index (κ2) is 9.75. The summed E-state index contributed by atoms with van der Waals surface area (Å²) in [7, 11) is 0. The van der Waals surface area contributed by atoms with E-state index in [9.17, 15) is 35.9 Å². The van der Waals surface area contributed by atoms with Gasteiger partial charge in [-0.1, -0.05) is 18.2 Å². The Morgan fingerprint density at radius 3 is 2.23 bits per heavy atom. The standard InChI is InChI=1S/C25H22F6N6O2/c1-23(2)13-37(22(39)35-23)21-33-11-18(19(32)34-21)20(38)36(17-5-3-4-16(10-17)25(29,30)31)12-14-6-8-15(9-7-14)24(26,27)28/h3-11H,12-13H2,1-2H3,(H,35,39)(H2,32,33,34). The number of carbonyl (C=O) groups is 2. The van der Waals surface area contributed by atoms with Crippen LogP contribution in [0.5, 0.6) is 0 Å². The molecule has 0 saturated carbocycles. The molecule has 1 fully saturated rings. The van der Waals surface area contributed by atoms with Crippen molar-refractivity contribution in [1.29, 1.82) is 0 Å². The molecule has 3 N–H and O–H groups in total. The Labute approximate surface area is 218 Å². The Bertz CT molecular complexity index is 1410. The van der Waals surface area contributed by atoms with Gasteiger partial charge in [-0.15, -0.1) is 0 Å². The predicted molar refractivity (Wildman–Crippen MR) is 130 cm³/mol. The van der Waals surface area contributed by atoms with E-state index in [0.717, 1.165) is 53.6 Å². The van der Waals surface area contributed by atoms with Crippen molar-refractivity contribution in [2.24, 2.45) is 0 Å². The van der Waals surface area contributed by atoms with Crippen molar-refractivity contribution in [3.63, 3.8) is 0 Å². The largest absolute Gasteiger partial charge is 0.416 e. The van der Waals surface area contributed by atoms with Gasteiger partial charge in [0.15, 0.2) is 0 Å². The van der Waals surface area contributed by atoms with Crippen LogP contribution in [0.3, 0.4) is 0 Å². The smallest absolute Gasteiger partial charge is 0.383 e. The fourth-order valence-corrected chi connectivity index (χ4v) is 3.96. The number of nitrogens with zero attached hydrogens (tertiary/aromatic N) is 4. The van der Waals surface area contributed by atoms with Crippen LogP contribution in [0.15, 0.2) is 54.7 Å². The Morgan fingerprint density at radius 1 is 1.05 bits per heavy atom. The first-order valence-corrected chi connectivity index (χ1v) is 11.4. The zero-order chi connectivity index (χ0) is 28.8. The molecule has 1 saturated heterocycles. The minimum atomic E-state index is -4.72. The average molecular weight is 552 g/mol. The molecule has 1 aliphatic rings. The maximum Gasteiger partial charge on any atom is 0.416 e. The summed E-state index contributed by atoms with van der Waals surface area (Å²) in [6.07, 6.45) is -8.26. The van der Waals surface area contributed by atoms with Crippen molar-refractivity contribution in [2.45, 2.75) is 38.3 Å². The number of carbonyl (C=O) groups excluding carboxylic acids is 2. The average Bonchev–Trinajstić information content (AvgIpc) is 3.13. The maximum absolute atomic E-state index is 13.6. The summed E-state index contributed by atoms with van der Waals surface area (Å²) in [4.78, 5) is 36.1. The number of benzene rings is 2. The molecular formula is C25H22F6N6O2. The molecule has 206 valence electrons. The number of rotatable bonds is 5. The first kappa shape index (κ1) is 27.7. The van der Waals surface area contributed by atoms with Gasteiger partial charge in [0, 0.05) is 11.9 Å². The van der Waals surface area contributed by atoms with Gasteiger partial charge in [0.25, 0.3) is 5.91 Å². The summed E-state index contributed by atoms with van der Waals surface area (Å²) in [5.74, 6) is -1.32. The third-order valence-corrected chi connectivity index (χ3v) is 5.87. The number of alkyl halides is 6. The van der Waals surface area contributed by atoms with E-state index in [-0.39, 0.29) is 41.7 Å². The van der Waals surface area contributed by atoms with Crippen LogP contribution in [0.1, 0.15) is 40.9 Å². The van der Waals surface area contributed by atoms with E-state index >= 15 is 0 Å². The summed E-state index contributed by atoms with van der Waals surface area (Å²) >= 11 is 0. The fraction of sp³-hybridized carbons (Fsp3) is 0.280. The molecule has 2 heterocycles. The lowest BCUT2D eigenvalue weighted by atomic mass is 10.1. The highest BCUT2D eigenvalue weighted by atomic mass is 19.4. The number of anilines is 3. The van der Waals surface area contributed by atoms with Crippen LogP contribution >= 0.6 is 0 Å². The van der Waals surface area contributed by atoms with Crippen molar-refractivity contribution in [3.8, 4) is 0 Å². The summed E-state index contributed by atoms with van der Waals surface area (Å²) in [5, 5.41) is 2.72.